The van der Waals surface area contributed by atoms with Crippen LogP contribution in [-0.4, -0.2) is 12.5 Å². The number of carbonyl (C=O) groups is 1. The van der Waals surface area contributed by atoms with Crippen LogP contribution in [0.15, 0.2) is 30.3 Å². The van der Waals surface area contributed by atoms with Crippen LogP contribution in [0.4, 0.5) is 0 Å². The molecule has 0 bridgehead atoms. The molecule has 1 aromatic carbocycles. The van der Waals surface area contributed by atoms with E-state index >= 15 is 0 Å². The molecule has 1 aliphatic rings. The lowest BCUT2D eigenvalue weighted by atomic mass is 9.69. The Hall–Kier alpha value is -1.35. The topological polar surface area (TPSA) is 52.3 Å². The van der Waals surface area contributed by atoms with Gasteiger partial charge in [-0.2, -0.15) is 0 Å². The van der Waals surface area contributed by atoms with Gasteiger partial charge in [-0.1, -0.05) is 24.6 Å². The average molecular weight is 205 g/mol. The number of carbonyl (C=O) groups excluding carboxylic acids is 1. The van der Waals surface area contributed by atoms with Crippen LogP contribution in [0.5, 0.6) is 5.75 Å². The molecule has 80 valence electrons. The Morgan fingerprint density at radius 3 is 2.47 bits per heavy atom. The van der Waals surface area contributed by atoms with Crippen molar-refractivity contribution in [3.63, 3.8) is 0 Å². The average Bonchev–Trinajstić information content (AvgIpc) is 2.18. The molecule has 2 rings (SSSR count). The molecule has 3 nitrogen and oxygen atoms in total. The highest BCUT2D eigenvalue weighted by molar-refractivity contribution is 5.80. The molecule has 0 aromatic heterocycles. The van der Waals surface area contributed by atoms with E-state index in [9.17, 15) is 4.79 Å². The molecule has 0 spiro atoms. The van der Waals surface area contributed by atoms with Crippen LogP contribution < -0.4 is 10.5 Å². The second-order valence-electron chi connectivity index (χ2n) is 4.04. The monoisotopic (exact) mass is 205 g/mol. The Morgan fingerprint density at radius 2 is 2.00 bits per heavy atom. The SMILES string of the molecule is NCC1(C(=O)Oc2ccccc2)CCC1. The molecule has 3 heteroatoms. The minimum atomic E-state index is -0.407. The van der Waals surface area contributed by atoms with Crippen LogP contribution in [0.3, 0.4) is 0 Å². The van der Waals surface area contributed by atoms with Gasteiger partial charge in [0.15, 0.2) is 0 Å². The number of rotatable bonds is 3. The van der Waals surface area contributed by atoms with Gasteiger partial charge < -0.3 is 10.5 Å². The zero-order valence-electron chi connectivity index (χ0n) is 8.61. The van der Waals surface area contributed by atoms with Gasteiger partial charge in [0.2, 0.25) is 0 Å². The summed E-state index contributed by atoms with van der Waals surface area (Å²) < 4.78 is 5.29. The number of hydrogen-bond donors (Lipinski definition) is 1. The molecule has 1 aliphatic carbocycles. The normalized spacial score (nSPS) is 17.9. The third kappa shape index (κ3) is 1.88. The fourth-order valence-electron chi connectivity index (χ4n) is 1.80. The van der Waals surface area contributed by atoms with Crippen LogP contribution in [0, 0.1) is 5.41 Å². The van der Waals surface area contributed by atoms with Crippen LogP contribution in [-0.2, 0) is 4.79 Å². The molecule has 1 saturated carbocycles. The maximum atomic E-state index is 11.8. The van der Waals surface area contributed by atoms with Gasteiger partial charge in [0.25, 0.3) is 0 Å². The molecule has 0 amide bonds. The van der Waals surface area contributed by atoms with Crippen molar-refractivity contribution in [2.45, 2.75) is 19.3 Å². The second-order valence-corrected chi connectivity index (χ2v) is 4.04. The van der Waals surface area contributed by atoms with Crippen molar-refractivity contribution < 1.29 is 9.53 Å². The maximum absolute atomic E-state index is 11.8. The predicted octanol–water partition coefficient (Wildman–Crippen LogP) is 1.72. The zero-order chi connectivity index (χ0) is 10.7. The maximum Gasteiger partial charge on any atom is 0.318 e. The molecular formula is C12H15NO2. The number of hydrogen-bond acceptors (Lipinski definition) is 3. The predicted molar refractivity (Wildman–Crippen MR) is 57.4 cm³/mol. The molecule has 15 heavy (non-hydrogen) atoms. The Balaban J connectivity index is 2.04. The Morgan fingerprint density at radius 1 is 1.33 bits per heavy atom. The van der Waals surface area contributed by atoms with E-state index in [1.54, 1.807) is 12.1 Å². The first kappa shape index (κ1) is 10.2. The summed E-state index contributed by atoms with van der Waals surface area (Å²) in [6.07, 6.45) is 2.78. The largest absolute Gasteiger partial charge is 0.426 e. The fraction of sp³-hybridized carbons (Fsp3) is 0.417. The van der Waals surface area contributed by atoms with Crippen LogP contribution in [0.25, 0.3) is 0 Å². The molecule has 0 aliphatic heterocycles. The molecule has 0 radical (unpaired) electrons. The molecule has 0 saturated heterocycles. The fourth-order valence-corrected chi connectivity index (χ4v) is 1.80. The van der Waals surface area contributed by atoms with Gasteiger partial charge in [-0.3, -0.25) is 4.79 Å². The third-order valence-electron chi connectivity index (χ3n) is 3.09. The first-order valence-electron chi connectivity index (χ1n) is 5.24. The summed E-state index contributed by atoms with van der Waals surface area (Å²) >= 11 is 0. The molecular weight excluding hydrogens is 190 g/mol. The summed E-state index contributed by atoms with van der Waals surface area (Å²) in [5, 5.41) is 0. The van der Waals surface area contributed by atoms with Crippen molar-refractivity contribution >= 4 is 5.97 Å². The van der Waals surface area contributed by atoms with E-state index < -0.39 is 5.41 Å². The van der Waals surface area contributed by atoms with E-state index in [-0.39, 0.29) is 5.97 Å². The van der Waals surface area contributed by atoms with Gasteiger partial charge in [-0.15, -0.1) is 0 Å². The quantitative estimate of drug-likeness (QED) is 0.604. The lowest BCUT2D eigenvalue weighted by molar-refractivity contribution is -0.150. The number of benzene rings is 1. The summed E-state index contributed by atoms with van der Waals surface area (Å²) in [5.74, 6) is 0.421. The molecule has 0 atom stereocenters. The number of ether oxygens (including phenoxy) is 1. The van der Waals surface area contributed by atoms with E-state index in [1.807, 2.05) is 18.2 Å². The Kier molecular flexibility index (Phi) is 2.73. The highest BCUT2D eigenvalue weighted by Crippen LogP contribution is 2.41. The molecule has 1 fully saturated rings. The lowest BCUT2D eigenvalue weighted by Crippen LogP contribution is -2.46. The van der Waals surface area contributed by atoms with E-state index in [4.69, 9.17) is 10.5 Å². The second kappa shape index (κ2) is 4.03. The minimum Gasteiger partial charge on any atom is -0.426 e. The van der Waals surface area contributed by atoms with E-state index in [0.29, 0.717) is 12.3 Å². The van der Waals surface area contributed by atoms with Crippen molar-refractivity contribution in [2.24, 2.45) is 11.1 Å². The summed E-state index contributed by atoms with van der Waals surface area (Å²) in [5.41, 5.74) is 5.22. The lowest BCUT2D eigenvalue weighted by Gasteiger charge is -2.37. The van der Waals surface area contributed by atoms with Gasteiger partial charge in [0.1, 0.15) is 5.75 Å². The van der Waals surface area contributed by atoms with Crippen LogP contribution >= 0.6 is 0 Å². The number of esters is 1. The van der Waals surface area contributed by atoms with Gasteiger partial charge in [0.05, 0.1) is 5.41 Å². The van der Waals surface area contributed by atoms with Crippen LogP contribution in [0.1, 0.15) is 19.3 Å². The van der Waals surface area contributed by atoms with Crippen molar-refractivity contribution in [2.75, 3.05) is 6.54 Å². The van der Waals surface area contributed by atoms with Crippen LogP contribution in [0.2, 0.25) is 0 Å². The highest BCUT2D eigenvalue weighted by atomic mass is 16.5. The summed E-state index contributed by atoms with van der Waals surface area (Å²) in [4.78, 5) is 11.8. The standard InChI is InChI=1S/C12H15NO2/c13-9-12(7-4-8-12)11(14)15-10-5-2-1-3-6-10/h1-3,5-6H,4,7-9,13H2. The van der Waals surface area contributed by atoms with Gasteiger partial charge in [-0.25, -0.2) is 0 Å². The number of para-hydroxylation sites is 1. The van der Waals surface area contributed by atoms with E-state index in [1.165, 1.54) is 0 Å². The van der Waals surface area contributed by atoms with Crippen molar-refractivity contribution in [3.05, 3.63) is 30.3 Å². The Bertz CT molecular complexity index is 338. The molecule has 0 unspecified atom stereocenters. The molecule has 0 heterocycles. The summed E-state index contributed by atoms with van der Waals surface area (Å²) in [6, 6.07) is 9.14. The minimum absolute atomic E-state index is 0.178. The summed E-state index contributed by atoms with van der Waals surface area (Å²) in [7, 11) is 0. The first-order valence-corrected chi connectivity index (χ1v) is 5.24. The highest BCUT2D eigenvalue weighted by Gasteiger charge is 2.44. The van der Waals surface area contributed by atoms with E-state index in [2.05, 4.69) is 0 Å². The van der Waals surface area contributed by atoms with Gasteiger partial charge in [0, 0.05) is 6.54 Å². The number of nitrogens with two attached hydrogens (primary N) is 1. The summed E-state index contributed by atoms with van der Waals surface area (Å²) in [6.45, 7) is 0.388. The van der Waals surface area contributed by atoms with Crippen molar-refractivity contribution in [3.8, 4) is 5.75 Å². The zero-order valence-corrected chi connectivity index (χ0v) is 8.61. The van der Waals surface area contributed by atoms with Crippen molar-refractivity contribution in [1.29, 1.82) is 0 Å². The first-order chi connectivity index (χ1) is 7.27. The molecule has 1 aromatic rings. The Labute approximate surface area is 89.2 Å². The smallest absolute Gasteiger partial charge is 0.318 e. The van der Waals surface area contributed by atoms with Crippen molar-refractivity contribution in [1.82, 2.24) is 0 Å². The molecule has 2 N–H and O–H groups in total. The van der Waals surface area contributed by atoms with E-state index in [0.717, 1.165) is 19.3 Å². The van der Waals surface area contributed by atoms with Gasteiger partial charge in [-0.05, 0) is 25.0 Å². The van der Waals surface area contributed by atoms with Gasteiger partial charge >= 0.3 is 5.97 Å². The third-order valence-corrected chi connectivity index (χ3v) is 3.09.